The van der Waals surface area contributed by atoms with E-state index in [0.717, 1.165) is 13.8 Å². The Kier molecular flexibility index (Phi) is 12.0. The number of ether oxygens (including phenoxy) is 4. The lowest BCUT2D eigenvalue weighted by molar-refractivity contribution is -0.370. The summed E-state index contributed by atoms with van der Waals surface area (Å²) in [6, 6.07) is -0.917. The van der Waals surface area contributed by atoms with Crippen molar-refractivity contribution in [2.75, 3.05) is 13.2 Å². The van der Waals surface area contributed by atoms with Crippen LogP contribution in [0.5, 0.6) is 0 Å². The molecule has 6 unspecified atom stereocenters. The zero-order valence-corrected chi connectivity index (χ0v) is 23.6. The Morgan fingerprint density at radius 1 is 1.07 bits per heavy atom. The number of carbonyl (C=O) groups excluding carboxylic acids is 7. The molecule has 0 aromatic heterocycles. The monoisotopic (exact) mass is 585 g/mol. The van der Waals surface area contributed by atoms with Crippen LogP contribution in [0.3, 0.4) is 0 Å². The summed E-state index contributed by atoms with van der Waals surface area (Å²) >= 11 is 0. The van der Waals surface area contributed by atoms with Crippen molar-refractivity contribution in [1.82, 2.24) is 10.8 Å². The number of fused-ring (bicyclic) bond motifs is 1. The number of aliphatic imine (C=N–C) groups is 1. The van der Waals surface area contributed by atoms with Crippen molar-refractivity contribution < 1.29 is 57.0 Å². The molecule has 0 aromatic carbocycles. The molecule has 0 radical (unpaired) electrons. The number of esters is 2. The van der Waals surface area contributed by atoms with E-state index in [1.807, 2.05) is 0 Å². The fourth-order valence-electron chi connectivity index (χ4n) is 4.92. The van der Waals surface area contributed by atoms with Crippen LogP contribution in [0.1, 0.15) is 53.9 Å². The molecular formula is C25H37N4O12+. The molecule has 41 heavy (non-hydrogen) atoms. The zero-order valence-electron chi connectivity index (χ0n) is 23.6. The first-order valence-corrected chi connectivity index (χ1v) is 12.9. The Morgan fingerprint density at radius 3 is 2.22 bits per heavy atom. The molecule has 1 aliphatic carbocycles. The van der Waals surface area contributed by atoms with Gasteiger partial charge in [-0.2, -0.15) is 0 Å². The third-order valence-corrected chi connectivity index (χ3v) is 6.76. The van der Waals surface area contributed by atoms with Gasteiger partial charge in [-0.05, 0) is 40.0 Å². The molecule has 1 amide bonds. The molecule has 0 spiro atoms. The lowest BCUT2D eigenvalue weighted by Gasteiger charge is -2.58. The van der Waals surface area contributed by atoms with Gasteiger partial charge in [0.25, 0.3) is 0 Å². The Hall–Kier alpha value is -3.76. The van der Waals surface area contributed by atoms with Crippen molar-refractivity contribution in [3.63, 3.8) is 0 Å². The van der Waals surface area contributed by atoms with Crippen LogP contribution in [0, 0.1) is 11.3 Å². The predicted octanol–water partition coefficient (Wildman–Crippen LogP) is -0.619. The molecule has 228 valence electrons. The van der Waals surface area contributed by atoms with Crippen molar-refractivity contribution >= 4 is 48.3 Å². The molecule has 2 rings (SSSR count). The van der Waals surface area contributed by atoms with E-state index in [2.05, 4.69) is 27.0 Å². The number of nitrogens with zero attached hydrogens (tertiary/aromatic N) is 1. The number of Topliss-reactive ketones (excluding diaryl/α,β-unsaturated/α-hetero) is 2. The van der Waals surface area contributed by atoms with Gasteiger partial charge in [-0.1, -0.05) is 0 Å². The number of hydrogen-bond donors (Lipinski definition) is 3. The summed E-state index contributed by atoms with van der Waals surface area (Å²) in [5.41, 5.74) is 6.60. The molecule has 1 heterocycles. The number of carbonyl (C=O) groups is 6. The summed E-state index contributed by atoms with van der Waals surface area (Å²) in [7, 11) is 0. The highest BCUT2D eigenvalue weighted by Crippen LogP contribution is 2.56. The number of rotatable bonds is 12. The van der Waals surface area contributed by atoms with Crippen molar-refractivity contribution in [1.29, 1.82) is 0 Å². The highest BCUT2D eigenvalue weighted by Gasteiger charge is 2.69. The van der Waals surface area contributed by atoms with Crippen LogP contribution in [0.25, 0.3) is 0 Å². The van der Waals surface area contributed by atoms with Crippen LogP contribution in [-0.2, 0) is 52.2 Å². The number of nitrogens with one attached hydrogen (secondary N) is 2. The maximum absolute atomic E-state index is 12.6. The van der Waals surface area contributed by atoms with E-state index < -0.39 is 77.5 Å². The minimum Gasteiger partial charge on any atom is -0.458 e. The Balaban J connectivity index is 2.28. The Labute approximate surface area is 236 Å². The SMILES string of the molecule is C=[O+]C(=O)C(N)CCCN=C(NOC1OC2CC(C(C)=O)(C(C)=O)C2C(OC(C)=O)C1OC(C)=O)NC(=O)OCC. The van der Waals surface area contributed by atoms with E-state index >= 15 is 0 Å². The standard InChI is InChI=1S/C25H36N4O12/c1-7-37-24(35)28-23(27-10-8-9-16(26)21(34)36-6)29-41-22-20(39-15(5)33)19(38-14(4)32)18-17(40-22)11-25(18,12(2)30)13(3)31/h16-20,22H,6-11,26H2,1-5H3,(H-,27,28,29,35)/p+1. The largest absolute Gasteiger partial charge is 0.596 e. The molecule has 2 aliphatic rings. The maximum atomic E-state index is 12.6. The third-order valence-electron chi connectivity index (χ3n) is 6.76. The molecule has 2 fully saturated rings. The van der Waals surface area contributed by atoms with Crippen molar-refractivity contribution in [3.8, 4) is 0 Å². The second-order valence-corrected chi connectivity index (χ2v) is 9.51. The predicted molar refractivity (Wildman–Crippen MR) is 138 cm³/mol. The van der Waals surface area contributed by atoms with E-state index in [0.29, 0.717) is 6.42 Å². The lowest BCUT2D eigenvalue weighted by Crippen LogP contribution is -2.72. The molecule has 0 bridgehead atoms. The highest BCUT2D eigenvalue weighted by atomic mass is 16.8. The van der Waals surface area contributed by atoms with E-state index in [9.17, 15) is 28.8 Å². The molecule has 1 saturated heterocycles. The summed E-state index contributed by atoms with van der Waals surface area (Å²) < 4.78 is 26.0. The molecule has 4 N–H and O–H groups in total. The highest BCUT2D eigenvalue weighted by molar-refractivity contribution is 6.07. The van der Waals surface area contributed by atoms with Crippen LogP contribution in [0.4, 0.5) is 4.79 Å². The molecule has 1 aliphatic heterocycles. The summed E-state index contributed by atoms with van der Waals surface area (Å²) in [4.78, 5) is 82.5. The second kappa shape index (κ2) is 14.7. The summed E-state index contributed by atoms with van der Waals surface area (Å²) in [5, 5.41) is 2.34. The molecule has 6 atom stereocenters. The quantitative estimate of drug-likeness (QED) is 0.0380. The lowest BCUT2D eigenvalue weighted by atomic mass is 9.51. The van der Waals surface area contributed by atoms with E-state index in [4.69, 9.17) is 29.5 Å². The van der Waals surface area contributed by atoms with E-state index in [-0.39, 0.29) is 32.0 Å². The topological polar surface area (TPSA) is 222 Å². The third kappa shape index (κ3) is 8.14. The Morgan fingerprint density at radius 2 is 1.68 bits per heavy atom. The van der Waals surface area contributed by atoms with Gasteiger partial charge in [-0.3, -0.25) is 33.9 Å². The zero-order chi connectivity index (χ0) is 30.9. The van der Waals surface area contributed by atoms with E-state index in [1.54, 1.807) is 6.92 Å². The van der Waals surface area contributed by atoms with Crippen LogP contribution in [0.2, 0.25) is 0 Å². The molecule has 1 saturated carbocycles. The fourth-order valence-corrected chi connectivity index (χ4v) is 4.92. The number of guanidine groups is 1. The van der Waals surface area contributed by atoms with Gasteiger partial charge in [0.15, 0.2) is 25.0 Å². The minimum atomic E-state index is -1.50. The molecule has 16 heteroatoms. The van der Waals surface area contributed by atoms with Crippen LogP contribution in [-0.4, -0.2) is 92.1 Å². The van der Waals surface area contributed by atoms with Gasteiger partial charge in [0.2, 0.25) is 12.2 Å². The van der Waals surface area contributed by atoms with Crippen molar-refractivity contribution in [2.45, 2.75) is 84.5 Å². The molecular weight excluding hydrogens is 548 g/mol. The maximum Gasteiger partial charge on any atom is 0.596 e. The van der Waals surface area contributed by atoms with E-state index in [1.165, 1.54) is 13.8 Å². The van der Waals surface area contributed by atoms with Gasteiger partial charge in [0.1, 0.15) is 11.6 Å². The first-order chi connectivity index (χ1) is 19.3. The first kappa shape index (κ1) is 33.4. The van der Waals surface area contributed by atoms with Gasteiger partial charge in [0.05, 0.1) is 22.9 Å². The van der Waals surface area contributed by atoms with Gasteiger partial charge >= 0.3 is 24.0 Å². The molecule has 0 aromatic rings. The van der Waals surface area contributed by atoms with Gasteiger partial charge in [-0.15, -0.1) is 0 Å². The van der Waals surface area contributed by atoms with Crippen LogP contribution >= 0.6 is 0 Å². The summed E-state index contributed by atoms with van der Waals surface area (Å²) in [6.07, 6.45) is -5.29. The second-order valence-electron chi connectivity index (χ2n) is 9.51. The van der Waals surface area contributed by atoms with Gasteiger partial charge in [-0.25, -0.2) is 15.1 Å². The number of hydrogen-bond acceptors (Lipinski definition) is 13. The summed E-state index contributed by atoms with van der Waals surface area (Å²) in [5.74, 6) is -4.28. The number of hydroxylamine groups is 1. The number of ketones is 2. The minimum absolute atomic E-state index is 0.00918. The first-order valence-electron chi connectivity index (χ1n) is 12.9. The van der Waals surface area contributed by atoms with Crippen LogP contribution in [0.15, 0.2) is 4.99 Å². The molecule has 16 nitrogen and oxygen atoms in total. The van der Waals surface area contributed by atoms with Gasteiger partial charge < -0.3 is 24.7 Å². The van der Waals surface area contributed by atoms with Crippen molar-refractivity contribution in [2.24, 2.45) is 22.1 Å². The van der Waals surface area contributed by atoms with Crippen LogP contribution < -0.4 is 16.5 Å². The van der Waals surface area contributed by atoms with Gasteiger partial charge in [0, 0.05) is 26.3 Å². The number of alkyl carbamates (subject to hydrolysis) is 1. The average Bonchev–Trinajstić information content (AvgIpc) is 2.86. The smallest absolute Gasteiger partial charge is 0.458 e. The fraction of sp³-hybridized carbons (Fsp3) is 0.680. The average molecular weight is 586 g/mol. The summed E-state index contributed by atoms with van der Waals surface area (Å²) in [6.45, 7) is 9.48. The number of amides is 1. The number of nitrogens with two attached hydrogens (primary N) is 1. The Bertz CT molecular complexity index is 1060. The normalized spacial score (nSPS) is 25.3. The van der Waals surface area contributed by atoms with Crippen molar-refractivity contribution in [3.05, 3.63) is 0 Å².